The van der Waals surface area contributed by atoms with Crippen LogP contribution in [0.2, 0.25) is 0 Å². The Morgan fingerprint density at radius 3 is 2.48 bits per heavy atom. The molecular weight excluding hydrogens is 266 g/mol. The van der Waals surface area contributed by atoms with Crippen LogP contribution >= 0.6 is 0 Å². The standard InChI is InChI=1S/C17H19NO3/c1-12(2)10-14-8-9-16(13(3)11-14)21-17-7-5-4-6-15(17)18(19)20/h4-9,11-12H,10H2,1-3H3. The van der Waals surface area contributed by atoms with Gasteiger partial charge in [0.25, 0.3) is 0 Å². The van der Waals surface area contributed by atoms with Crippen molar-refractivity contribution in [3.63, 3.8) is 0 Å². The molecule has 0 aliphatic carbocycles. The van der Waals surface area contributed by atoms with Crippen LogP contribution < -0.4 is 4.74 Å². The third-order valence-corrected chi connectivity index (χ3v) is 3.17. The summed E-state index contributed by atoms with van der Waals surface area (Å²) in [6.07, 6.45) is 1.01. The second-order valence-electron chi connectivity index (χ2n) is 5.52. The molecule has 0 unspecified atom stereocenters. The fourth-order valence-corrected chi connectivity index (χ4v) is 2.24. The highest BCUT2D eigenvalue weighted by Gasteiger charge is 2.15. The normalized spacial score (nSPS) is 10.7. The number of hydrogen-bond donors (Lipinski definition) is 0. The lowest BCUT2D eigenvalue weighted by Crippen LogP contribution is -1.97. The van der Waals surface area contributed by atoms with Gasteiger partial charge in [0, 0.05) is 6.07 Å². The first-order valence-electron chi connectivity index (χ1n) is 6.98. The van der Waals surface area contributed by atoms with Gasteiger partial charge in [-0.2, -0.15) is 0 Å². The van der Waals surface area contributed by atoms with Gasteiger partial charge in [-0.25, -0.2) is 0 Å². The van der Waals surface area contributed by atoms with Gasteiger partial charge in [-0.05, 0) is 42.5 Å². The van der Waals surface area contributed by atoms with Crippen LogP contribution in [0.15, 0.2) is 42.5 Å². The molecule has 2 rings (SSSR count). The van der Waals surface area contributed by atoms with E-state index in [0.29, 0.717) is 11.7 Å². The lowest BCUT2D eigenvalue weighted by Gasteiger charge is -2.11. The molecule has 0 atom stereocenters. The molecule has 0 amide bonds. The molecule has 0 radical (unpaired) electrons. The second kappa shape index (κ2) is 6.39. The largest absolute Gasteiger partial charge is 0.450 e. The lowest BCUT2D eigenvalue weighted by molar-refractivity contribution is -0.385. The number of nitro benzene ring substituents is 1. The van der Waals surface area contributed by atoms with Crippen molar-refractivity contribution in [3.05, 3.63) is 63.7 Å². The molecule has 2 aromatic rings. The summed E-state index contributed by atoms with van der Waals surface area (Å²) in [5, 5.41) is 11.0. The number of rotatable bonds is 5. The topological polar surface area (TPSA) is 52.4 Å². The number of ether oxygens (including phenoxy) is 1. The Hall–Kier alpha value is -2.36. The third kappa shape index (κ3) is 3.81. The molecule has 110 valence electrons. The molecule has 0 saturated heterocycles. The van der Waals surface area contributed by atoms with Crippen LogP contribution in [-0.4, -0.2) is 4.92 Å². The minimum absolute atomic E-state index is 0.0249. The first-order chi connectivity index (χ1) is 9.97. The summed E-state index contributed by atoms with van der Waals surface area (Å²) in [6, 6.07) is 12.4. The van der Waals surface area contributed by atoms with Crippen molar-refractivity contribution in [2.75, 3.05) is 0 Å². The Bertz CT molecular complexity index is 650. The van der Waals surface area contributed by atoms with Crippen molar-refractivity contribution in [1.82, 2.24) is 0 Å². The number of benzene rings is 2. The molecule has 0 aliphatic rings. The fourth-order valence-electron chi connectivity index (χ4n) is 2.24. The summed E-state index contributed by atoms with van der Waals surface area (Å²) in [5.74, 6) is 1.50. The average Bonchev–Trinajstić information content (AvgIpc) is 2.41. The summed E-state index contributed by atoms with van der Waals surface area (Å²) < 4.78 is 5.72. The van der Waals surface area contributed by atoms with E-state index in [1.54, 1.807) is 18.2 Å². The number of nitrogens with zero attached hydrogens (tertiary/aromatic N) is 1. The number of aryl methyl sites for hydroxylation is 1. The molecule has 2 aromatic carbocycles. The molecule has 4 nitrogen and oxygen atoms in total. The van der Waals surface area contributed by atoms with Gasteiger partial charge in [-0.15, -0.1) is 0 Å². The smallest absolute Gasteiger partial charge is 0.311 e. The summed E-state index contributed by atoms with van der Waals surface area (Å²) in [4.78, 5) is 10.6. The minimum Gasteiger partial charge on any atom is -0.450 e. The van der Waals surface area contributed by atoms with Crippen molar-refractivity contribution in [2.45, 2.75) is 27.2 Å². The molecule has 21 heavy (non-hydrogen) atoms. The zero-order valence-corrected chi connectivity index (χ0v) is 12.5. The monoisotopic (exact) mass is 285 g/mol. The molecular formula is C17H19NO3. The molecule has 0 saturated carbocycles. The van der Waals surface area contributed by atoms with E-state index in [4.69, 9.17) is 4.74 Å². The average molecular weight is 285 g/mol. The SMILES string of the molecule is Cc1cc(CC(C)C)ccc1Oc1ccccc1[N+](=O)[O-]. The van der Waals surface area contributed by atoms with Crippen molar-refractivity contribution in [1.29, 1.82) is 0 Å². The molecule has 0 fully saturated rings. The Morgan fingerprint density at radius 2 is 1.86 bits per heavy atom. The van der Waals surface area contributed by atoms with Gasteiger partial charge in [0.1, 0.15) is 5.75 Å². The zero-order valence-electron chi connectivity index (χ0n) is 12.5. The van der Waals surface area contributed by atoms with Crippen LogP contribution in [0.5, 0.6) is 11.5 Å². The molecule has 0 N–H and O–H groups in total. The predicted molar refractivity (Wildman–Crippen MR) is 82.9 cm³/mol. The van der Waals surface area contributed by atoms with Gasteiger partial charge in [-0.3, -0.25) is 10.1 Å². The summed E-state index contributed by atoms with van der Waals surface area (Å²) in [7, 11) is 0. The quantitative estimate of drug-likeness (QED) is 0.580. The summed E-state index contributed by atoms with van der Waals surface area (Å²) >= 11 is 0. The highest BCUT2D eigenvalue weighted by Crippen LogP contribution is 2.32. The maximum absolute atomic E-state index is 11.0. The van der Waals surface area contributed by atoms with Gasteiger partial charge in [-0.1, -0.05) is 38.1 Å². The van der Waals surface area contributed by atoms with Gasteiger partial charge in [0.2, 0.25) is 5.75 Å². The van der Waals surface area contributed by atoms with E-state index in [1.165, 1.54) is 11.6 Å². The third-order valence-electron chi connectivity index (χ3n) is 3.17. The second-order valence-corrected chi connectivity index (χ2v) is 5.52. The molecule has 0 aromatic heterocycles. The first kappa shape index (κ1) is 15.0. The Kier molecular flexibility index (Phi) is 4.58. The van der Waals surface area contributed by atoms with Gasteiger partial charge in [0.05, 0.1) is 4.92 Å². The van der Waals surface area contributed by atoms with E-state index in [2.05, 4.69) is 19.9 Å². The molecule has 0 spiro atoms. The van der Waals surface area contributed by atoms with Gasteiger partial charge < -0.3 is 4.74 Å². The maximum Gasteiger partial charge on any atom is 0.311 e. The van der Waals surface area contributed by atoms with Crippen molar-refractivity contribution in [3.8, 4) is 11.5 Å². The Labute approximate surface area is 124 Å². The van der Waals surface area contributed by atoms with E-state index < -0.39 is 4.92 Å². The molecule has 4 heteroatoms. The Balaban J connectivity index is 2.26. The van der Waals surface area contributed by atoms with Crippen LogP contribution in [0.3, 0.4) is 0 Å². The number of hydrogen-bond acceptors (Lipinski definition) is 3. The summed E-state index contributed by atoms with van der Waals surface area (Å²) in [6.45, 7) is 6.30. The van der Waals surface area contributed by atoms with Crippen molar-refractivity contribution < 1.29 is 9.66 Å². The van der Waals surface area contributed by atoms with E-state index in [0.717, 1.165) is 12.0 Å². The highest BCUT2D eigenvalue weighted by molar-refractivity contribution is 5.49. The predicted octanol–water partition coefficient (Wildman–Crippen LogP) is 4.89. The van der Waals surface area contributed by atoms with Crippen molar-refractivity contribution in [2.24, 2.45) is 5.92 Å². The van der Waals surface area contributed by atoms with E-state index >= 15 is 0 Å². The maximum atomic E-state index is 11.0. The molecule has 0 aliphatic heterocycles. The van der Waals surface area contributed by atoms with Gasteiger partial charge >= 0.3 is 5.69 Å². The zero-order chi connectivity index (χ0) is 15.4. The van der Waals surface area contributed by atoms with Crippen molar-refractivity contribution >= 4 is 5.69 Å². The Morgan fingerprint density at radius 1 is 1.14 bits per heavy atom. The van der Waals surface area contributed by atoms with E-state index in [1.807, 2.05) is 19.1 Å². The van der Waals surface area contributed by atoms with Crippen LogP contribution in [0.1, 0.15) is 25.0 Å². The number of nitro groups is 1. The lowest BCUT2D eigenvalue weighted by atomic mass is 10.0. The fraction of sp³-hybridized carbons (Fsp3) is 0.294. The highest BCUT2D eigenvalue weighted by atomic mass is 16.6. The van der Waals surface area contributed by atoms with Crippen LogP contribution in [0, 0.1) is 23.0 Å². The van der Waals surface area contributed by atoms with Crippen LogP contribution in [0.4, 0.5) is 5.69 Å². The van der Waals surface area contributed by atoms with E-state index in [-0.39, 0.29) is 11.4 Å². The van der Waals surface area contributed by atoms with Crippen LogP contribution in [0.25, 0.3) is 0 Å². The van der Waals surface area contributed by atoms with Gasteiger partial charge in [0.15, 0.2) is 0 Å². The number of para-hydroxylation sites is 2. The minimum atomic E-state index is -0.433. The van der Waals surface area contributed by atoms with Crippen LogP contribution in [-0.2, 0) is 6.42 Å². The molecule has 0 bridgehead atoms. The summed E-state index contributed by atoms with van der Waals surface area (Å²) in [5.41, 5.74) is 2.20. The van der Waals surface area contributed by atoms with E-state index in [9.17, 15) is 10.1 Å². The first-order valence-corrected chi connectivity index (χ1v) is 6.98. The molecule has 0 heterocycles.